The number of carbonyl (C=O) groups excluding carboxylic acids is 2. The molecule has 4 N–H and O–H groups in total. The van der Waals surface area contributed by atoms with Gasteiger partial charge in [-0.15, -0.1) is 0 Å². The number of amides is 2. The normalized spacial score (nSPS) is 16.3. The molecule has 4 heterocycles. The number of rotatable bonds is 4. The number of anilines is 1. The third kappa shape index (κ3) is 3.00. The molecule has 3 aromatic heterocycles. The molecule has 0 saturated carbocycles. The molecule has 1 aliphatic heterocycles. The van der Waals surface area contributed by atoms with Crippen molar-refractivity contribution in [1.82, 2.24) is 24.4 Å². The lowest BCUT2D eigenvalue weighted by molar-refractivity contribution is -0.121. The number of aromatic amines is 1. The molecule has 2 amide bonds. The van der Waals surface area contributed by atoms with E-state index in [1.807, 2.05) is 42.9 Å². The summed E-state index contributed by atoms with van der Waals surface area (Å²) >= 11 is 0. The second kappa shape index (κ2) is 7.12. The third-order valence-electron chi connectivity index (χ3n) is 5.94. The Balaban J connectivity index is 1.57. The van der Waals surface area contributed by atoms with Gasteiger partial charge in [0, 0.05) is 37.3 Å². The van der Waals surface area contributed by atoms with Crippen molar-refractivity contribution in [3.05, 3.63) is 42.2 Å². The van der Waals surface area contributed by atoms with Crippen LogP contribution in [0.25, 0.3) is 33.3 Å². The van der Waals surface area contributed by atoms with Gasteiger partial charge in [0.05, 0.1) is 11.8 Å². The molecule has 9 heteroatoms. The predicted octanol–water partition coefficient (Wildman–Crippen LogP) is 2.25. The highest BCUT2D eigenvalue weighted by Crippen LogP contribution is 2.32. The predicted molar refractivity (Wildman–Crippen MR) is 119 cm³/mol. The van der Waals surface area contributed by atoms with Gasteiger partial charge in [-0.25, -0.2) is 9.97 Å². The minimum atomic E-state index is -0.536. The van der Waals surface area contributed by atoms with E-state index >= 15 is 0 Å². The SMILES string of the molecule is CNc1nc2[nH]c(-c3cccc(C(=O)N4CCC[C@H]4C(N)=O)c3)cc2c2c1ncn2C. The second-order valence-corrected chi connectivity index (χ2v) is 7.85. The summed E-state index contributed by atoms with van der Waals surface area (Å²) in [7, 11) is 3.77. The van der Waals surface area contributed by atoms with Crippen LogP contribution in [0.1, 0.15) is 23.2 Å². The minimum Gasteiger partial charge on any atom is -0.371 e. The summed E-state index contributed by atoms with van der Waals surface area (Å²) in [4.78, 5) is 38.8. The molecule has 5 rings (SSSR count). The Bertz CT molecular complexity index is 1340. The van der Waals surface area contributed by atoms with Gasteiger partial charge in [-0.3, -0.25) is 9.59 Å². The van der Waals surface area contributed by atoms with Gasteiger partial charge in [0.2, 0.25) is 5.91 Å². The first-order valence-electron chi connectivity index (χ1n) is 10.2. The number of aromatic nitrogens is 4. The van der Waals surface area contributed by atoms with E-state index in [0.29, 0.717) is 24.3 Å². The number of likely N-dealkylation sites (tertiary alicyclic amines) is 1. The van der Waals surface area contributed by atoms with Crippen LogP contribution in [0.3, 0.4) is 0 Å². The molecule has 31 heavy (non-hydrogen) atoms. The maximum absolute atomic E-state index is 13.1. The Kier molecular flexibility index (Phi) is 4.39. The number of benzene rings is 1. The number of fused-ring (bicyclic) bond motifs is 3. The van der Waals surface area contributed by atoms with Crippen molar-refractivity contribution in [3.8, 4) is 11.3 Å². The minimum absolute atomic E-state index is 0.177. The van der Waals surface area contributed by atoms with Crippen LogP contribution in [-0.2, 0) is 11.8 Å². The zero-order chi connectivity index (χ0) is 21.7. The number of imidazole rings is 1. The molecule has 0 bridgehead atoms. The van der Waals surface area contributed by atoms with Gasteiger partial charge in [0.25, 0.3) is 5.91 Å². The Morgan fingerprint density at radius 1 is 1.29 bits per heavy atom. The van der Waals surface area contributed by atoms with Crippen molar-refractivity contribution in [2.24, 2.45) is 12.8 Å². The number of aryl methyl sites for hydroxylation is 1. The average Bonchev–Trinajstić information content (AvgIpc) is 3.50. The van der Waals surface area contributed by atoms with Gasteiger partial charge in [-0.2, -0.15) is 0 Å². The fourth-order valence-electron chi connectivity index (χ4n) is 4.42. The molecule has 1 aromatic carbocycles. The lowest BCUT2D eigenvalue weighted by atomic mass is 10.1. The summed E-state index contributed by atoms with van der Waals surface area (Å²) < 4.78 is 1.97. The zero-order valence-electron chi connectivity index (χ0n) is 17.3. The maximum Gasteiger partial charge on any atom is 0.254 e. The maximum atomic E-state index is 13.1. The summed E-state index contributed by atoms with van der Waals surface area (Å²) in [5.74, 6) is 0.0695. The van der Waals surface area contributed by atoms with Gasteiger partial charge < -0.3 is 25.5 Å². The largest absolute Gasteiger partial charge is 0.371 e. The first-order valence-corrected chi connectivity index (χ1v) is 10.2. The summed E-state index contributed by atoms with van der Waals surface area (Å²) in [6.45, 7) is 0.540. The molecular formula is C22H23N7O2. The Morgan fingerprint density at radius 2 is 2.13 bits per heavy atom. The zero-order valence-corrected chi connectivity index (χ0v) is 17.3. The van der Waals surface area contributed by atoms with E-state index in [-0.39, 0.29) is 5.91 Å². The number of nitrogens with zero attached hydrogens (tertiary/aromatic N) is 4. The van der Waals surface area contributed by atoms with Crippen molar-refractivity contribution >= 4 is 39.7 Å². The Labute approximate surface area is 178 Å². The van der Waals surface area contributed by atoms with E-state index in [4.69, 9.17) is 5.73 Å². The van der Waals surface area contributed by atoms with Crippen LogP contribution in [0, 0.1) is 0 Å². The van der Waals surface area contributed by atoms with E-state index in [0.717, 1.165) is 39.7 Å². The smallest absolute Gasteiger partial charge is 0.254 e. The molecule has 0 unspecified atom stereocenters. The lowest BCUT2D eigenvalue weighted by Crippen LogP contribution is -2.43. The summed E-state index contributed by atoms with van der Waals surface area (Å²) in [5, 5.41) is 4.05. The number of hydrogen-bond acceptors (Lipinski definition) is 5. The van der Waals surface area contributed by atoms with E-state index in [1.54, 1.807) is 17.3 Å². The first-order chi connectivity index (χ1) is 15.0. The standard InChI is InChI=1S/C22H23N7O2/c1-24-21-17-18(28(2)11-25-17)14-10-15(26-20(14)27-21)12-5-3-6-13(9-12)22(31)29-8-4-7-16(29)19(23)30/h3,5-6,9-11,16H,4,7-8H2,1-2H3,(H2,23,30)(H2,24,26,27)/t16-/m0/s1. The van der Waals surface area contributed by atoms with Gasteiger partial charge in [-0.1, -0.05) is 12.1 Å². The molecule has 0 radical (unpaired) electrons. The first kappa shape index (κ1) is 19.1. The van der Waals surface area contributed by atoms with Crippen LogP contribution in [0.5, 0.6) is 0 Å². The topological polar surface area (TPSA) is 122 Å². The van der Waals surface area contributed by atoms with E-state index in [1.165, 1.54) is 0 Å². The van der Waals surface area contributed by atoms with Crippen molar-refractivity contribution in [1.29, 1.82) is 0 Å². The average molecular weight is 417 g/mol. The highest BCUT2D eigenvalue weighted by Gasteiger charge is 2.33. The number of hydrogen-bond donors (Lipinski definition) is 3. The van der Waals surface area contributed by atoms with Gasteiger partial charge in [-0.05, 0) is 36.6 Å². The van der Waals surface area contributed by atoms with Crippen LogP contribution >= 0.6 is 0 Å². The molecule has 0 spiro atoms. The quantitative estimate of drug-likeness (QED) is 0.470. The molecule has 1 atom stereocenters. The highest BCUT2D eigenvalue weighted by molar-refractivity contribution is 6.07. The number of pyridine rings is 1. The van der Waals surface area contributed by atoms with Crippen LogP contribution in [0.2, 0.25) is 0 Å². The lowest BCUT2D eigenvalue weighted by Gasteiger charge is -2.22. The summed E-state index contributed by atoms with van der Waals surface area (Å²) in [5.41, 5.74) is 10.2. The van der Waals surface area contributed by atoms with Gasteiger partial charge >= 0.3 is 0 Å². The molecular weight excluding hydrogens is 394 g/mol. The number of H-pyrrole nitrogens is 1. The molecule has 0 aliphatic carbocycles. The molecule has 158 valence electrons. The summed E-state index contributed by atoms with van der Waals surface area (Å²) in [6.07, 6.45) is 3.16. The third-order valence-corrected chi connectivity index (χ3v) is 5.94. The van der Waals surface area contributed by atoms with Crippen LogP contribution in [0.15, 0.2) is 36.7 Å². The summed E-state index contributed by atoms with van der Waals surface area (Å²) in [6, 6.07) is 8.87. The van der Waals surface area contributed by atoms with Crippen LogP contribution in [0.4, 0.5) is 5.82 Å². The fourth-order valence-corrected chi connectivity index (χ4v) is 4.42. The van der Waals surface area contributed by atoms with E-state index in [9.17, 15) is 9.59 Å². The second-order valence-electron chi connectivity index (χ2n) is 7.85. The van der Waals surface area contributed by atoms with Gasteiger partial charge in [0.1, 0.15) is 17.2 Å². The van der Waals surface area contributed by atoms with E-state index in [2.05, 4.69) is 20.3 Å². The van der Waals surface area contributed by atoms with Gasteiger partial charge in [0.15, 0.2) is 5.82 Å². The Hall–Kier alpha value is -3.88. The van der Waals surface area contributed by atoms with Crippen molar-refractivity contribution in [2.75, 3.05) is 18.9 Å². The monoisotopic (exact) mass is 417 g/mol. The van der Waals surface area contributed by atoms with Crippen molar-refractivity contribution in [3.63, 3.8) is 0 Å². The molecule has 4 aromatic rings. The van der Waals surface area contributed by atoms with E-state index < -0.39 is 11.9 Å². The number of primary amides is 1. The molecule has 9 nitrogen and oxygen atoms in total. The fraction of sp³-hybridized carbons (Fsp3) is 0.273. The van der Waals surface area contributed by atoms with Crippen molar-refractivity contribution < 1.29 is 9.59 Å². The Morgan fingerprint density at radius 3 is 2.90 bits per heavy atom. The number of carbonyl (C=O) groups is 2. The molecule has 1 saturated heterocycles. The number of nitrogens with one attached hydrogen (secondary N) is 2. The molecule has 1 fully saturated rings. The number of nitrogens with two attached hydrogens (primary N) is 1. The van der Waals surface area contributed by atoms with Crippen LogP contribution < -0.4 is 11.1 Å². The highest BCUT2D eigenvalue weighted by atomic mass is 16.2. The van der Waals surface area contributed by atoms with Crippen molar-refractivity contribution in [2.45, 2.75) is 18.9 Å². The molecule has 1 aliphatic rings. The van der Waals surface area contributed by atoms with Crippen LogP contribution in [-0.4, -0.2) is 55.9 Å².